The van der Waals surface area contributed by atoms with Crippen molar-refractivity contribution in [3.05, 3.63) is 29.3 Å². The van der Waals surface area contributed by atoms with Crippen molar-refractivity contribution in [3.8, 4) is 0 Å². The number of nitrogen functional groups attached to an aromatic ring is 1. The van der Waals surface area contributed by atoms with Gasteiger partial charge in [-0.25, -0.2) is 0 Å². The van der Waals surface area contributed by atoms with Crippen LogP contribution in [0.1, 0.15) is 35.2 Å². The lowest BCUT2D eigenvalue weighted by atomic mass is 9.91. The Morgan fingerprint density at radius 3 is 2.94 bits per heavy atom. The van der Waals surface area contributed by atoms with Gasteiger partial charge in [0.25, 0.3) is 0 Å². The number of ketones is 1. The number of hydrogen-bond donors (Lipinski definition) is 2. The molecule has 0 bridgehead atoms. The molecule has 1 unspecified atom stereocenters. The van der Waals surface area contributed by atoms with Crippen LogP contribution in [0, 0.1) is 12.8 Å². The molecule has 1 fully saturated rings. The molecule has 1 aliphatic rings. The summed E-state index contributed by atoms with van der Waals surface area (Å²) in [7, 11) is 0. The van der Waals surface area contributed by atoms with Crippen LogP contribution in [0.2, 0.25) is 0 Å². The molecule has 1 amide bonds. The van der Waals surface area contributed by atoms with Gasteiger partial charge in [-0.1, -0.05) is 12.1 Å². The van der Waals surface area contributed by atoms with Crippen LogP contribution in [0.5, 0.6) is 0 Å². The van der Waals surface area contributed by atoms with Gasteiger partial charge in [0, 0.05) is 30.1 Å². The zero-order valence-electron chi connectivity index (χ0n) is 10.5. The number of benzene rings is 1. The van der Waals surface area contributed by atoms with E-state index in [4.69, 9.17) is 5.73 Å². The molecular formula is C14H18N2O2. The highest BCUT2D eigenvalue weighted by Gasteiger charge is 2.25. The number of aryl methyl sites for hydroxylation is 1. The van der Waals surface area contributed by atoms with Crippen molar-refractivity contribution in [3.63, 3.8) is 0 Å². The first-order chi connectivity index (χ1) is 8.58. The van der Waals surface area contributed by atoms with E-state index in [1.165, 1.54) is 0 Å². The Labute approximate surface area is 107 Å². The molecule has 0 aliphatic carbocycles. The lowest BCUT2D eigenvalue weighted by molar-refractivity contribution is -0.126. The van der Waals surface area contributed by atoms with E-state index in [2.05, 4.69) is 5.32 Å². The molecule has 4 heteroatoms. The number of nitrogens with one attached hydrogen (secondary N) is 1. The highest BCUT2D eigenvalue weighted by molar-refractivity contribution is 5.99. The zero-order valence-corrected chi connectivity index (χ0v) is 10.5. The van der Waals surface area contributed by atoms with E-state index >= 15 is 0 Å². The molecule has 1 atom stereocenters. The normalized spacial score (nSPS) is 19.4. The predicted octanol–water partition coefficient (Wildman–Crippen LogP) is 1.68. The summed E-state index contributed by atoms with van der Waals surface area (Å²) in [6, 6.07) is 5.30. The first-order valence-electron chi connectivity index (χ1n) is 6.25. The lowest BCUT2D eigenvalue weighted by Gasteiger charge is -2.21. The molecular weight excluding hydrogens is 228 g/mol. The number of hydrogen-bond acceptors (Lipinski definition) is 3. The van der Waals surface area contributed by atoms with Gasteiger partial charge in [-0.2, -0.15) is 0 Å². The highest BCUT2D eigenvalue weighted by Crippen LogP contribution is 2.20. The highest BCUT2D eigenvalue weighted by atomic mass is 16.2. The van der Waals surface area contributed by atoms with Crippen LogP contribution in [-0.4, -0.2) is 18.2 Å². The molecule has 1 heterocycles. The summed E-state index contributed by atoms with van der Waals surface area (Å²) >= 11 is 0. The van der Waals surface area contributed by atoms with Gasteiger partial charge in [0.05, 0.1) is 0 Å². The summed E-state index contributed by atoms with van der Waals surface area (Å²) in [6.45, 7) is 2.62. The van der Waals surface area contributed by atoms with E-state index < -0.39 is 0 Å². The van der Waals surface area contributed by atoms with Gasteiger partial charge >= 0.3 is 0 Å². The van der Waals surface area contributed by atoms with Crippen LogP contribution >= 0.6 is 0 Å². The van der Waals surface area contributed by atoms with Crippen molar-refractivity contribution in [2.24, 2.45) is 5.92 Å². The van der Waals surface area contributed by atoms with E-state index in [-0.39, 0.29) is 24.0 Å². The molecule has 0 spiro atoms. The Hall–Kier alpha value is -1.84. The Kier molecular flexibility index (Phi) is 3.65. The third-order valence-corrected chi connectivity index (χ3v) is 3.43. The quantitative estimate of drug-likeness (QED) is 0.629. The standard InChI is InChI=1S/C14H18N2O2/c1-9-4-5-10(7-12(9)15)13(17)8-11-3-2-6-16-14(11)18/h4-5,7,11H,2-3,6,8,15H2,1H3,(H,16,18). The molecule has 1 aromatic carbocycles. The summed E-state index contributed by atoms with van der Waals surface area (Å²) in [5.74, 6) is -0.202. The molecule has 0 saturated carbocycles. The minimum absolute atomic E-state index is 0.00492. The maximum atomic E-state index is 12.1. The molecule has 96 valence electrons. The number of piperidine rings is 1. The van der Waals surface area contributed by atoms with Crippen LogP contribution < -0.4 is 11.1 Å². The van der Waals surface area contributed by atoms with Gasteiger partial charge < -0.3 is 11.1 Å². The van der Waals surface area contributed by atoms with Gasteiger partial charge in [-0.05, 0) is 31.4 Å². The van der Waals surface area contributed by atoms with Crippen LogP contribution in [0.3, 0.4) is 0 Å². The lowest BCUT2D eigenvalue weighted by Crippen LogP contribution is -2.37. The number of Topliss-reactive ketones (excluding diaryl/α,β-unsaturated/α-hetero) is 1. The molecule has 1 aromatic rings. The molecule has 18 heavy (non-hydrogen) atoms. The second-order valence-corrected chi connectivity index (χ2v) is 4.83. The Morgan fingerprint density at radius 2 is 2.28 bits per heavy atom. The second kappa shape index (κ2) is 5.21. The van der Waals surface area contributed by atoms with Gasteiger partial charge in [-0.3, -0.25) is 9.59 Å². The summed E-state index contributed by atoms with van der Waals surface area (Å²) in [4.78, 5) is 23.7. The van der Waals surface area contributed by atoms with Crippen LogP contribution in [0.4, 0.5) is 5.69 Å². The Bertz CT molecular complexity index is 483. The van der Waals surface area contributed by atoms with E-state index in [1.807, 2.05) is 13.0 Å². The van der Waals surface area contributed by atoms with E-state index in [0.29, 0.717) is 11.3 Å². The monoisotopic (exact) mass is 246 g/mol. The van der Waals surface area contributed by atoms with Crippen LogP contribution in [0.25, 0.3) is 0 Å². The SMILES string of the molecule is Cc1ccc(C(=O)CC2CCCNC2=O)cc1N. The Balaban J connectivity index is 2.07. The molecule has 3 N–H and O–H groups in total. The molecule has 4 nitrogen and oxygen atoms in total. The average molecular weight is 246 g/mol. The van der Waals surface area contributed by atoms with Gasteiger partial charge in [-0.15, -0.1) is 0 Å². The Morgan fingerprint density at radius 1 is 1.50 bits per heavy atom. The third-order valence-electron chi connectivity index (χ3n) is 3.43. The van der Waals surface area contributed by atoms with Crippen molar-refractivity contribution in [1.29, 1.82) is 0 Å². The molecule has 1 saturated heterocycles. The fourth-order valence-electron chi connectivity index (χ4n) is 2.19. The van der Waals surface area contributed by atoms with Crippen molar-refractivity contribution >= 4 is 17.4 Å². The topological polar surface area (TPSA) is 72.2 Å². The maximum Gasteiger partial charge on any atom is 0.223 e. The summed E-state index contributed by atoms with van der Waals surface area (Å²) < 4.78 is 0. The van der Waals surface area contributed by atoms with Gasteiger partial charge in [0.2, 0.25) is 5.91 Å². The molecule has 0 radical (unpaired) electrons. The number of carbonyl (C=O) groups excluding carboxylic acids is 2. The number of rotatable bonds is 3. The molecule has 1 aliphatic heterocycles. The second-order valence-electron chi connectivity index (χ2n) is 4.83. The first kappa shape index (κ1) is 12.6. The van der Waals surface area contributed by atoms with E-state index in [1.54, 1.807) is 12.1 Å². The average Bonchev–Trinajstić information content (AvgIpc) is 2.35. The van der Waals surface area contributed by atoms with Crippen molar-refractivity contribution in [1.82, 2.24) is 5.32 Å². The minimum Gasteiger partial charge on any atom is -0.398 e. The van der Waals surface area contributed by atoms with Crippen molar-refractivity contribution in [2.75, 3.05) is 12.3 Å². The largest absolute Gasteiger partial charge is 0.398 e. The van der Waals surface area contributed by atoms with E-state index in [9.17, 15) is 9.59 Å². The fourth-order valence-corrected chi connectivity index (χ4v) is 2.19. The van der Waals surface area contributed by atoms with Crippen molar-refractivity contribution < 1.29 is 9.59 Å². The number of amides is 1. The summed E-state index contributed by atoms with van der Waals surface area (Å²) in [6.07, 6.45) is 2.01. The van der Waals surface area contributed by atoms with Gasteiger partial charge in [0.1, 0.15) is 0 Å². The number of nitrogens with two attached hydrogens (primary N) is 1. The van der Waals surface area contributed by atoms with Crippen molar-refractivity contribution in [2.45, 2.75) is 26.2 Å². The van der Waals surface area contributed by atoms with Crippen LogP contribution in [0.15, 0.2) is 18.2 Å². The van der Waals surface area contributed by atoms with E-state index in [0.717, 1.165) is 24.9 Å². The van der Waals surface area contributed by atoms with Crippen LogP contribution in [-0.2, 0) is 4.79 Å². The summed E-state index contributed by atoms with van der Waals surface area (Å²) in [5, 5.41) is 2.79. The fraction of sp³-hybridized carbons (Fsp3) is 0.429. The van der Waals surface area contributed by atoms with Gasteiger partial charge in [0.15, 0.2) is 5.78 Å². The zero-order chi connectivity index (χ0) is 13.1. The number of carbonyl (C=O) groups is 2. The first-order valence-corrected chi connectivity index (χ1v) is 6.25. The third kappa shape index (κ3) is 2.70. The summed E-state index contributed by atoms with van der Waals surface area (Å²) in [5.41, 5.74) is 7.96. The molecule has 2 rings (SSSR count). The molecule has 0 aromatic heterocycles. The predicted molar refractivity (Wildman–Crippen MR) is 70.3 cm³/mol. The minimum atomic E-state index is -0.186. The smallest absolute Gasteiger partial charge is 0.223 e. The number of anilines is 1. The maximum absolute atomic E-state index is 12.1.